The summed E-state index contributed by atoms with van der Waals surface area (Å²) in [6.07, 6.45) is 10.5. The van der Waals surface area contributed by atoms with Crippen LogP contribution in [0.15, 0.2) is 30.3 Å². The summed E-state index contributed by atoms with van der Waals surface area (Å²) in [5, 5.41) is 0.306. The first-order valence-corrected chi connectivity index (χ1v) is 11.3. The Bertz CT molecular complexity index is 438. The first-order chi connectivity index (χ1) is 10.8. The maximum absolute atomic E-state index is 7.07. The van der Waals surface area contributed by atoms with Crippen molar-refractivity contribution in [3.63, 3.8) is 0 Å². The van der Waals surface area contributed by atoms with Crippen molar-refractivity contribution in [2.45, 2.75) is 68.0 Å². The third-order valence-corrected chi connectivity index (χ3v) is 9.31. The second-order valence-corrected chi connectivity index (χ2v) is 9.82. The maximum Gasteiger partial charge on any atom is 0.0685 e. The van der Waals surface area contributed by atoms with E-state index in [1.165, 1.54) is 63.0 Å². The topological polar surface area (TPSA) is 9.23 Å². The predicted octanol–water partition coefficient (Wildman–Crippen LogP) is 4.44. The van der Waals surface area contributed by atoms with Gasteiger partial charge in [-0.3, -0.25) is 0 Å². The fourth-order valence-electron chi connectivity index (χ4n) is 4.28. The molecule has 0 N–H and O–H groups in total. The van der Waals surface area contributed by atoms with Gasteiger partial charge in [0, 0.05) is 6.61 Å². The highest BCUT2D eigenvalue weighted by atomic mass is 35.5. The van der Waals surface area contributed by atoms with Crippen molar-refractivity contribution >= 4 is 21.1 Å². The van der Waals surface area contributed by atoms with Gasteiger partial charge in [-0.1, -0.05) is 55.2 Å². The first kappa shape index (κ1) is 16.5. The SMILES string of the molecule is ClC(C1CCCCC1)C1([SiH2]Cc2ccccc2)CCCCO1. The van der Waals surface area contributed by atoms with Crippen LogP contribution in [0, 0.1) is 5.92 Å². The van der Waals surface area contributed by atoms with E-state index >= 15 is 0 Å². The Morgan fingerprint density at radius 2 is 1.86 bits per heavy atom. The van der Waals surface area contributed by atoms with Crippen LogP contribution < -0.4 is 0 Å². The highest BCUT2D eigenvalue weighted by molar-refractivity contribution is 6.42. The largest absolute Gasteiger partial charge is 0.378 e. The molecule has 2 fully saturated rings. The molecular weight excluding hydrogens is 308 g/mol. The summed E-state index contributed by atoms with van der Waals surface area (Å²) >= 11 is 7.07. The van der Waals surface area contributed by atoms with E-state index in [0.717, 1.165) is 6.61 Å². The zero-order chi connectivity index (χ0) is 15.3. The molecule has 22 heavy (non-hydrogen) atoms. The van der Waals surface area contributed by atoms with E-state index in [9.17, 15) is 0 Å². The Morgan fingerprint density at radius 1 is 1.09 bits per heavy atom. The summed E-state index contributed by atoms with van der Waals surface area (Å²) < 4.78 is 6.43. The summed E-state index contributed by atoms with van der Waals surface area (Å²) in [4.78, 5) is 0. The number of alkyl halides is 1. The minimum atomic E-state index is -0.386. The molecule has 1 saturated carbocycles. The standard InChI is InChI=1S/C19H29ClOSi/c20-18(17-11-5-2-6-12-17)19(13-7-8-14-21-19)22-15-16-9-3-1-4-10-16/h1,3-4,9-10,17-18H,2,5-8,11-15,22H2. The number of benzene rings is 1. The Labute approximate surface area is 142 Å². The molecule has 1 saturated heterocycles. The Kier molecular flexibility index (Phi) is 6.00. The van der Waals surface area contributed by atoms with Gasteiger partial charge in [0.15, 0.2) is 0 Å². The Balaban J connectivity index is 1.69. The number of rotatable bonds is 5. The quantitative estimate of drug-likeness (QED) is 0.570. The highest BCUT2D eigenvalue weighted by Crippen LogP contribution is 2.40. The summed E-state index contributed by atoms with van der Waals surface area (Å²) in [6, 6.07) is 12.1. The van der Waals surface area contributed by atoms with Crippen LogP contribution in [-0.4, -0.2) is 26.7 Å². The van der Waals surface area contributed by atoms with Gasteiger partial charge in [0.05, 0.1) is 20.1 Å². The molecule has 2 aliphatic rings. The van der Waals surface area contributed by atoms with Gasteiger partial charge in [-0.05, 0) is 44.1 Å². The smallest absolute Gasteiger partial charge is 0.0685 e. The summed E-state index contributed by atoms with van der Waals surface area (Å²) in [6.45, 7) is 0.928. The lowest BCUT2D eigenvalue weighted by Gasteiger charge is -2.45. The van der Waals surface area contributed by atoms with Crippen molar-refractivity contribution in [3.8, 4) is 0 Å². The van der Waals surface area contributed by atoms with Gasteiger partial charge in [0.2, 0.25) is 0 Å². The molecule has 2 unspecified atom stereocenters. The zero-order valence-electron chi connectivity index (χ0n) is 13.6. The van der Waals surface area contributed by atoms with Crippen LogP contribution in [0.5, 0.6) is 0 Å². The zero-order valence-corrected chi connectivity index (χ0v) is 15.8. The molecule has 1 aliphatic heterocycles. The van der Waals surface area contributed by atoms with Crippen molar-refractivity contribution < 1.29 is 4.74 Å². The summed E-state index contributed by atoms with van der Waals surface area (Å²) in [7, 11) is -0.386. The van der Waals surface area contributed by atoms with Gasteiger partial charge in [-0.25, -0.2) is 0 Å². The van der Waals surface area contributed by atoms with E-state index in [2.05, 4.69) is 30.3 Å². The third kappa shape index (κ3) is 3.96. The van der Waals surface area contributed by atoms with Crippen LogP contribution in [0.4, 0.5) is 0 Å². The van der Waals surface area contributed by atoms with E-state index in [-0.39, 0.29) is 20.1 Å². The summed E-state index contributed by atoms with van der Waals surface area (Å²) in [5.74, 6) is 0.691. The maximum atomic E-state index is 7.07. The molecule has 0 radical (unpaired) electrons. The number of halogens is 1. The van der Waals surface area contributed by atoms with Crippen molar-refractivity contribution in [2.75, 3.05) is 6.61 Å². The van der Waals surface area contributed by atoms with Crippen LogP contribution in [0.25, 0.3) is 0 Å². The van der Waals surface area contributed by atoms with Crippen LogP contribution in [0.2, 0.25) is 0 Å². The lowest BCUT2D eigenvalue weighted by Crippen LogP contribution is -2.53. The second-order valence-electron chi connectivity index (χ2n) is 7.16. The van der Waals surface area contributed by atoms with E-state index < -0.39 is 0 Å². The van der Waals surface area contributed by atoms with E-state index in [1.807, 2.05) is 0 Å². The molecule has 2 atom stereocenters. The molecule has 1 nitrogen and oxygen atoms in total. The molecule has 1 aliphatic carbocycles. The number of hydrogen-bond donors (Lipinski definition) is 0. The fourth-order valence-corrected chi connectivity index (χ4v) is 7.48. The Morgan fingerprint density at radius 3 is 2.55 bits per heavy atom. The van der Waals surface area contributed by atoms with Gasteiger partial charge >= 0.3 is 0 Å². The van der Waals surface area contributed by atoms with Crippen molar-refractivity contribution in [2.24, 2.45) is 5.92 Å². The lowest BCUT2D eigenvalue weighted by atomic mass is 9.83. The number of hydrogen-bond acceptors (Lipinski definition) is 1. The minimum absolute atomic E-state index is 0.0532. The average molecular weight is 337 g/mol. The molecule has 0 amide bonds. The van der Waals surface area contributed by atoms with Crippen LogP contribution in [0.3, 0.4) is 0 Å². The molecule has 3 heteroatoms. The minimum Gasteiger partial charge on any atom is -0.378 e. The molecule has 1 heterocycles. The Hall–Kier alpha value is -0.313. The molecule has 122 valence electrons. The molecule has 0 aromatic heterocycles. The normalized spacial score (nSPS) is 29.0. The predicted molar refractivity (Wildman–Crippen MR) is 97.4 cm³/mol. The van der Waals surface area contributed by atoms with Crippen molar-refractivity contribution in [1.29, 1.82) is 0 Å². The molecule has 0 spiro atoms. The van der Waals surface area contributed by atoms with E-state index in [0.29, 0.717) is 5.92 Å². The van der Waals surface area contributed by atoms with Gasteiger partial charge < -0.3 is 4.74 Å². The van der Waals surface area contributed by atoms with E-state index in [1.54, 1.807) is 0 Å². The number of ether oxygens (including phenoxy) is 1. The second kappa shape index (κ2) is 7.99. The molecular formula is C19H29ClOSi. The summed E-state index contributed by atoms with van der Waals surface area (Å²) in [5.41, 5.74) is 1.47. The molecule has 3 rings (SSSR count). The molecule has 0 bridgehead atoms. The fraction of sp³-hybridized carbons (Fsp3) is 0.684. The van der Waals surface area contributed by atoms with Gasteiger partial charge in [0.25, 0.3) is 0 Å². The van der Waals surface area contributed by atoms with Crippen LogP contribution in [-0.2, 0) is 10.8 Å². The van der Waals surface area contributed by atoms with Gasteiger partial charge in [0.1, 0.15) is 0 Å². The van der Waals surface area contributed by atoms with Gasteiger partial charge in [-0.15, -0.1) is 11.6 Å². The van der Waals surface area contributed by atoms with Crippen molar-refractivity contribution in [3.05, 3.63) is 35.9 Å². The van der Waals surface area contributed by atoms with Crippen molar-refractivity contribution in [1.82, 2.24) is 0 Å². The lowest BCUT2D eigenvalue weighted by molar-refractivity contribution is -0.0346. The van der Waals surface area contributed by atoms with Crippen LogP contribution in [0.1, 0.15) is 56.9 Å². The highest BCUT2D eigenvalue weighted by Gasteiger charge is 2.43. The van der Waals surface area contributed by atoms with Gasteiger partial charge in [-0.2, -0.15) is 0 Å². The first-order valence-electron chi connectivity index (χ1n) is 9.12. The third-order valence-electron chi connectivity index (χ3n) is 5.63. The monoisotopic (exact) mass is 336 g/mol. The molecule has 1 aromatic carbocycles. The van der Waals surface area contributed by atoms with Crippen LogP contribution >= 0.6 is 11.6 Å². The average Bonchev–Trinajstić information content (AvgIpc) is 2.62. The van der Waals surface area contributed by atoms with E-state index in [4.69, 9.17) is 16.3 Å². The molecule has 1 aromatic rings.